The van der Waals surface area contributed by atoms with Crippen LogP contribution in [0.25, 0.3) is 0 Å². The fourth-order valence-corrected chi connectivity index (χ4v) is 3.10. The van der Waals surface area contributed by atoms with Crippen LogP contribution in [0.3, 0.4) is 0 Å². The third-order valence-corrected chi connectivity index (χ3v) is 4.22. The standard InChI is InChI=1S/C19H26N2O5/c1-19(2,3)26-18(23)21-9-5-6-13(12-21)20-17(22)14-7-4-8-15-16(14)25-11-10-24-15/h4,7-8,13H,5-6,9-12H2,1-3H3,(H,20,22)/t13-/m0/s1. The summed E-state index contributed by atoms with van der Waals surface area (Å²) >= 11 is 0. The van der Waals surface area contributed by atoms with Crippen LogP contribution in [0.5, 0.6) is 11.5 Å². The van der Waals surface area contributed by atoms with E-state index in [1.165, 1.54) is 0 Å². The SMILES string of the molecule is CC(C)(C)OC(=O)N1CCC[C@H](NC(=O)c2cccc3c2OCCO3)C1. The molecule has 0 spiro atoms. The summed E-state index contributed by atoms with van der Waals surface area (Å²) in [7, 11) is 0. The van der Waals surface area contributed by atoms with E-state index in [2.05, 4.69) is 5.32 Å². The Morgan fingerprint density at radius 1 is 1.23 bits per heavy atom. The zero-order chi connectivity index (χ0) is 18.7. The Labute approximate surface area is 153 Å². The van der Waals surface area contributed by atoms with Gasteiger partial charge in [-0.15, -0.1) is 0 Å². The second kappa shape index (κ2) is 7.43. The lowest BCUT2D eigenvalue weighted by molar-refractivity contribution is 0.0185. The first-order chi connectivity index (χ1) is 12.3. The number of para-hydroxylation sites is 1. The fraction of sp³-hybridized carbons (Fsp3) is 0.579. The van der Waals surface area contributed by atoms with Gasteiger partial charge in [0.25, 0.3) is 5.91 Å². The summed E-state index contributed by atoms with van der Waals surface area (Å²) in [6.07, 6.45) is 1.29. The van der Waals surface area contributed by atoms with Gasteiger partial charge in [-0.3, -0.25) is 4.79 Å². The number of likely N-dealkylation sites (tertiary alicyclic amines) is 1. The minimum atomic E-state index is -0.534. The number of carbonyl (C=O) groups is 2. The van der Waals surface area contributed by atoms with Gasteiger partial charge in [0.1, 0.15) is 18.8 Å². The van der Waals surface area contributed by atoms with Gasteiger partial charge in [0.05, 0.1) is 5.56 Å². The van der Waals surface area contributed by atoms with Crippen molar-refractivity contribution in [1.29, 1.82) is 0 Å². The number of fused-ring (bicyclic) bond motifs is 1. The molecule has 26 heavy (non-hydrogen) atoms. The number of ether oxygens (including phenoxy) is 3. The highest BCUT2D eigenvalue weighted by atomic mass is 16.6. The Morgan fingerprint density at radius 3 is 2.77 bits per heavy atom. The fourth-order valence-electron chi connectivity index (χ4n) is 3.10. The molecule has 0 unspecified atom stereocenters. The second-order valence-electron chi connectivity index (χ2n) is 7.57. The van der Waals surface area contributed by atoms with Crippen molar-refractivity contribution in [3.63, 3.8) is 0 Å². The highest BCUT2D eigenvalue weighted by Crippen LogP contribution is 2.33. The Bertz CT molecular complexity index is 683. The summed E-state index contributed by atoms with van der Waals surface area (Å²) in [6, 6.07) is 5.16. The summed E-state index contributed by atoms with van der Waals surface area (Å²) in [4.78, 5) is 26.6. The second-order valence-corrected chi connectivity index (χ2v) is 7.57. The summed E-state index contributed by atoms with van der Waals surface area (Å²) < 4.78 is 16.6. The maximum atomic E-state index is 12.7. The zero-order valence-corrected chi connectivity index (χ0v) is 15.5. The van der Waals surface area contributed by atoms with Crippen molar-refractivity contribution >= 4 is 12.0 Å². The minimum Gasteiger partial charge on any atom is -0.486 e. The van der Waals surface area contributed by atoms with Crippen molar-refractivity contribution in [2.24, 2.45) is 0 Å². The average molecular weight is 362 g/mol. The Hall–Kier alpha value is -2.44. The van der Waals surface area contributed by atoms with Gasteiger partial charge >= 0.3 is 6.09 Å². The predicted molar refractivity (Wildman–Crippen MR) is 95.7 cm³/mol. The van der Waals surface area contributed by atoms with E-state index < -0.39 is 5.60 Å². The molecule has 1 N–H and O–H groups in total. The van der Waals surface area contributed by atoms with Crippen LogP contribution in [0.15, 0.2) is 18.2 Å². The van der Waals surface area contributed by atoms with E-state index >= 15 is 0 Å². The number of hydrogen-bond acceptors (Lipinski definition) is 5. The lowest BCUT2D eigenvalue weighted by Crippen LogP contribution is -2.50. The minimum absolute atomic E-state index is 0.121. The van der Waals surface area contributed by atoms with Crippen molar-refractivity contribution in [3.05, 3.63) is 23.8 Å². The van der Waals surface area contributed by atoms with Gasteiger partial charge in [-0.25, -0.2) is 4.79 Å². The zero-order valence-electron chi connectivity index (χ0n) is 15.5. The maximum Gasteiger partial charge on any atom is 0.410 e. The lowest BCUT2D eigenvalue weighted by atomic mass is 10.0. The van der Waals surface area contributed by atoms with Crippen LogP contribution in [0.4, 0.5) is 4.79 Å². The van der Waals surface area contributed by atoms with Gasteiger partial charge in [0, 0.05) is 19.1 Å². The molecular weight excluding hydrogens is 336 g/mol. The lowest BCUT2D eigenvalue weighted by Gasteiger charge is -2.34. The van der Waals surface area contributed by atoms with E-state index in [-0.39, 0.29) is 18.0 Å². The van der Waals surface area contributed by atoms with Gasteiger partial charge in [-0.05, 0) is 45.7 Å². The molecule has 0 aliphatic carbocycles. The molecule has 3 rings (SSSR count). The van der Waals surface area contributed by atoms with Crippen molar-refractivity contribution < 1.29 is 23.8 Å². The van der Waals surface area contributed by atoms with Crippen LogP contribution in [-0.4, -0.2) is 54.8 Å². The molecule has 1 atom stereocenters. The Balaban J connectivity index is 1.64. The van der Waals surface area contributed by atoms with Crippen LogP contribution in [0.1, 0.15) is 44.0 Å². The van der Waals surface area contributed by atoms with Gasteiger partial charge in [0.15, 0.2) is 11.5 Å². The van der Waals surface area contributed by atoms with Gasteiger partial charge in [0.2, 0.25) is 0 Å². The normalized spacial score (nSPS) is 19.7. The molecule has 2 amide bonds. The monoisotopic (exact) mass is 362 g/mol. The van der Waals surface area contributed by atoms with Crippen molar-refractivity contribution in [2.75, 3.05) is 26.3 Å². The molecule has 1 saturated heterocycles. The van der Waals surface area contributed by atoms with Crippen molar-refractivity contribution in [2.45, 2.75) is 45.3 Å². The molecule has 1 aromatic carbocycles. The number of amides is 2. The summed E-state index contributed by atoms with van der Waals surface area (Å²) in [5.41, 5.74) is -0.0788. The third-order valence-electron chi connectivity index (χ3n) is 4.22. The number of benzene rings is 1. The van der Waals surface area contributed by atoms with Crippen LogP contribution in [0.2, 0.25) is 0 Å². The largest absolute Gasteiger partial charge is 0.486 e. The number of carbonyl (C=O) groups excluding carboxylic acids is 2. The molecule has 0 aromatic heterocycles. The third kappa shape index (κ3) is 4.39. The van der Waals surface area contributed by atoms with E-state index in [1.807, 2.05) is 20.8 Å². The number of rotatable bonds is 2. The van der Waals surface area contributed by atoms with Gasteiger partial charge in [-0.1, -0.05) is 6.07 Å². The average Bonchev–Trinajstić information content (AvgIpc) is 2.60. The first kappa shape index (κ1) is 18.4. The molecule has 7 heteroatoms. The molecular formula is C19H26N2O5. The highest BCUT2D eigenvalue weighted by molar-refractivity contribution is 5.98. The van der Waals surface area contributed by atoms with E-state index in [9.17, 15) is 9.59 Å². The van der Waals surface area contributed by atoms with Crippen molar-refractivity contribution in [1.82, 2.24) is 10.2 Å². The molecule has 0 bridgehead atoms. The molecule has 142 valence electrons. The first-order valence-electron chi connectivity index (χ1n) is 9.01. The van der Waals surface area contributed by atoms with Crippen LogP contribution < -0.4 is 14.8 Å². The quantitative estimate of drug-likeness (QED) is 0.875. The molecule has 0 saturated carbocycles. The van der Waals surface area contributed by atoms with Gasteiger partial charge < -0.3 is 24.4 Å². The Kier molecular flexibility index (Phi) is 5.25. The molecule has 2 aliphatic heterocycles. The molecule has 1 fully saturated rings. The molecule has 2 heterocycles. The van der Waals surface area contributed by atoms with E-state index in [0.717, 1.165) is 12.8 Å². The van der Waals surface area contributed by atoms with Crippen LogP contribution in [-0.2, 0) is 4.74 Å². The summed E-state index contributed by atoms with van der Waals surface area (Å²) in [6.45, 7) is 7.50. The Morgan fingerprint density at radius 2 is 2.00 bits per heavy atom. The number of piperidine rings is 1. The van der Waals surface area contributed by atoms with Crippen molar-refractivity contribution in [3.8, 4) is 11.5 Å². The molecule has 0 radical (unpaired) electrons. The highest BCUT2D eigenvalue weighted by Gasteiger charge is 2.29. The van der Waals surface area contributed by atoms with E-state index in [4.69, 9.17) is 14.2 Å². The van der Waals surface area contributed by atoms with Gasteiger partial charge in [-0.2, -0.15) is 0 Å². The molecule has 2 aliphatic rings. The van der Waals surface area contributed by atoms with E-state index in [1.54, 1.807) is 23.1 Å². The number of nitrogens with one attached hydrogen (secondary N) is 1. The van der Waals surface area contributed by atoms with Crippen LogP contribution >= 0.6 is 0 Å². The van der Waals surface area contributed by atoms with Crippen LogP contribution in [0, 0.1) is 0 Å². The smallest absolute Gasteiger partial charge is 0.410 e. The summed E-state index contributed by atoms with van der Waals surface area (Å²) in [5.74, 6) is 0.849. The molecule has 7 nitrogen and oxygen atoms in total. The number of nitrogens with zero attached hydrogens (tertiary/aromatic N) is 1. The number of hydrogen-bond donors (Lipinski definition) is 1. The molecule has 1 aromatic rings. The topological polar surface area (TPSA) is 77.1 Å². The van der Waals surface area contributed by atoms with E-state index in [0.29, 0.717) is 43.4 Å². The maximum absolute atomic E-state index is 12.7. The predicted octanol–water partition coefficient (Wildman–Crippen LogP) is 2.59. The first-order valence-corrected chi connectivity index (χ1v) is 9.01. The summed E-state index contributed by atoms with van der Waals surface area (Å²) in [5, 5.41) is 3.01.